The summed E-state index contributed by atoms with van der Waals surface area (Å²) in [5.41, 5.74) is 5.89. The van der Waals surface area contributed by atoms with Gasteiger partial charge < -0.3 is 10.8 Å². The van der Waals surface area contributed by atoms with Crippen LogP contribution in [0.15, 0.2) is 0 Å². The second-order valence-electron chi connectivity index (χ2n) is 4.81. The monoisotopic (exact) mass is 199 g/mol. The van der Waals surface area contributed by atoms with Gasteiger partial charge in [-0.3, -0.25) is 0 Å². The third kappa shape index (κ3) is 2.96. The first-order valence-electron chi connectivity index (χ1n) is 6.10. The zero-order valence-electron chi connectivity index (χ0n) is 9.47. The Labute approximate surface area is 87.9 Å². The third-order valence-electron chi connectivity index (χ3n) is 3.69. The number of aliphatic hydroxyl groups excluding tert-OH is 1. The van der Waals surface area contributed by atoms with Gasteiger partial charge in [0.15, 0.2) is 0 Å². The van der Waals surface area contributed by atoms with E-state index < -0.39 is 0 Å². The Morgan fingerprint density at radius 3 is 2.43 bits per heavy atom. The molecule has 2 heteroatoms. The van der Waals surface area contributed by atoms with Crippen molar-refractivity contribution >= 4 is 0 Å². The Morgan fingerprint density at radius 2 is 2.00 bits per heavy atom. The highest BCUT2D eigenvalue weighted by atomic mass is 16.3. The maximum atomic E-state index is 9.46. The van der Waals surface area contributed by atoms with Crippen LogP contribution in [0.5, 0.6) is 0 Å². The Kier molecular flexibility index (Phi) is 4.90. The molecule has 1 atom stereocenters. The summed E-state index contributed by atoms with van der Waals surface area (Å²) in [5, 5.41) is 9.46. The summed E-state index contributed by atoms with van der Waals surface area (Å²) >= 11 is 0. The molecule has 0 amide bonds. The van der Waals surface area contributed by atoms with E-state index >= 15 is 0 Å². The van der Waals surface area contributed by atoms with Crippen LogP contribution >= 0.6 is 0 Å². The van der Waals surface area contributed by atoms with Crippen molar-refractivity contribution in [2.24, 2.45) is 17.1 Å². The second kappa shape index (κ2) is 5.72. The molecule has 1 saturated carbocycles. The van der Waals surface area contributed by atoms with Gasteiger partial charge in [0.1, 0.15) is 0 Å². The fourth-order valence-corrected chi connectivity index (χ4v) is 2.35. The maximum absolute atomic E-state index is 9.46. The van der Waals surface area contributed by atoms with E-state index in [1.54, 1.807) is 0 Å². The van der Waals surface area contributed by atoms with E-state index in [0.717, 1.165) is 12.3 Å². The van der Waals surface area contributed by atoms with E-state index in [0.29, 0.717) is 13.2 Å². The van der Waals surface area contributed by atoms with Gasteiger partial charge in [0.2, 0.25) is 0 Å². The smallest absolute Gasteiger partial charge is 0.0502 e. The van der Waals surface area contributed by atoms with Crippen molar-refractivity contribution in [2.45, 2.75) is 51.9 Å². The predicted molar refractivity (Wildman–Crippen MR) is 60.1 cm³/mol. The zero-order valence-corrected chi connectivity index (χ0v) is 9.47. The lowest BCUT2D eigenvalue weighted by Crippen LogP contribution is -2.36. The van der Waals surface area contributed by atoms with Crippen molar-refractivity contribution in [3.8, 4) is 0 Å². The molecule has 1 aliphatic carbocycles. The van der Waals surface area contributed by atoms with Gasteiger partial charge in [-0.15, -0.1) is 0 Å². The molecule has 1 aliphatic rings. The van der Waals surface area contributed by atoms with Gasteiger partial charge >= 0.3 is 0 Å². The summed E-state index contributed by atoms with van der Waals surface area (Å²) in [7, 11) is 0. The Morgan fingerprint density at radius 1 is 1.29 bits per heavy atom. The number of hydrogen-bond donors (Lipinski definition) is 2. The molecule has 0 aromatic rings. The molecule has 0 saturated heterocycles. The normalized spacial score (nSPS) is 20.8. The third-order valence-corrected chi connectivity index (χ3v) is 3.69. The van der Waals surface area contributed by atoms with Crippen LogP contribution in [0.1, 0.15) is 51.9 Å². The molecule has 1 rings (SSSR count). The molecule has 3 N–H and O–H groups in total. The average molecular weight is 199 g/mol. The van der Waals surface area contributed by atoms with Crippen LogP contribution in [-0.4, -0.2) is 18.3 Å². The Hall–Kier alpha value is -0.0800. The topological polar surface area (TPSA) is 46.2 Å². The van der Waals surface area contributed by atoms with E-state index in [9.17, 15) is 5.11 Å². The van der Waals surface area contributed by atoms with Crippen molar-refractivity contribution in [1.29, 1.82) is 0 Å². The molecule has 1 unspecified atom stereocenters. The summed E-state index contributed by atoms with van der Waals surface area (Å²) < 4.78 is 0. The van der Waals surface area contributed by atoms with Crippen molar-refractivity contribution in [1.82, 2.24) is 0 Å². The summed E-state index contributed by atoms with van der Waals surface area (Å²) in [4.78, 5) is 0. The molecule has 0 spiro atoms. The number of nitrogens with two attached hydrogens (primary N) is 1. The lowest BCUT2D eigenvalue weighted by Gasteiger charge is -2.30. The summed E-state index contributed by atoms with van der Waals surface area (Å²) in [6.07, 6.45) is 8.82. The minimum Gasteiger partial charge on any atom is -0.396 e. The fourth-order valence-electron chi connectivity index (χ4n) is 2.35. The van der Waals surface area contributed by atoms with Gasteiger partial charge in [-0.25, -0.2) is 0 Å². The van der Waals surface area contributed by atoms with E-state index in [1.165, 1.54) is 38.5 Å². The highest BCUT2D eigenvalue weighted by Crippen LogP contribution is 2.47. The highest BCUT2D eigenvalue weighted by molar-refractivity contribution is 4.94. The van der Waals surface area contributed by atoms with Crippen molar-refractivity contribution < 1.29 is 5.11 Å². The molecule has 0 aliphatic heterocycles. The van der Waals surface area contributed by atoms with Gasteiger partial charge in [-0.2, -0.15) is 0 Å². The Bertz CT molecular complexity index is 150. The average Bonchev–Trinajstić information content (AvgIpc) is 3.03. The quantitative estimate of drug-likeness (QED) is 0.589. The minimum absolute atomic E-state index is 0.0771. The van der Waals surface area contributed by atoms with Gasteiger partial charge in [0, 0.05) is 12.0 Å². The second-order valence-corrected chi connectivity index (χ2v) is 4.81. The van der Waals surface area contributed by atoms with Crippen LogP contribution in [0.4, 0.5) is 0 Å². The lowest BCUT2D eigenvalue weighted by molar-refractivity contribution is 0.0962. The maximum Gasteiger partial charge on any atom is 0.0502 e. The van der Waals surface area contributed by atoms with Crippen LogP contribution in [0, 0.1) is 11.3 Å². The summed E-state index contributed by atoms with van der Waals surface area (Å²) in [6, 6.07) is 0. The number of rotatable bonds is 8. The molecular formula is C12H25NO. The first kappa shape index (κ1) is 12.0. The summed E-state index contributed by atoms with van der Waals surface area (Å²) in [6.45, 7) is 3.18. The minimum atomic E-state index is 0.0771. The van der Waals surface area contributed by atoms with Gasteiger partial charge in [0.25, 0.3) is 0 Å². The first-order valence-corrected chi connectivity index (χ1v) is 6.10. The molecule has 0 radical (unpaired) electrons. The molecule has 1 fully saturated rings. The SMILES string of the molecule is CCCCCCC(CN)(CO)C1CC1. The largest absolute Gasteiger partial charge is 0.396 e. The molecule has 0 heterocycles. The highest BCUT2D eigenvalue weighted by Gasteiger charge is 2.42. The van der Waals surface area contributed by atoms with Crippen LogP contribution in [0.2, 0.25) is 0 Å². The van der Waals surface area contributed by atoms with Crippen LogP contribution in [0.25, 0.3) is 0 Å². The molecule has 0 bridgehead atoms. The molecule has 14 heavy (non-hydrogen) atoms. The number of aliphatic hydroxyl groups is 1. The predicted octanol–water partition coefficient (Wildman–Crippen LogP) is 2.30. The van der Waals surface area contributed by atoms with E-state index in [-0.39, 0.29) is 5.41 Å². The van der Waals surface area contributed by atoms with Crippen LogP contribution in [0.3, 0.4) is 0 Å². The van der Waals surface area contributed by atoms with Crippen molar-refractivity contribution in [3.05, 3.63) is 0 Å². The van der Waals surface area contributed by atoms with Gasteiger partial charge in [-0.05, 0) is 25.2 Å². The lowest BCUT2D eigenvalue weighted by atomic mass is 9.78. The molecular weight excluding hydrogens is 174 g/mol. The molecule has 84 valence electrons. The van der Waals surface area contributed by atoms with E-state index in [2.05, 4.69) is 6.92 Å². The number of unbranched alkanes of at least 4 members (excludes halogenated alkanes) is 3. The van der Waals surface area contributed by atoms with Crippen molar-refractivity contribution in [3.63, 3.8) is 0 Å². The summed E-state index contributed by atoms with van der Waals surface area (Å²) in [5.74, 6) is 0.721. The zero-order chi connectivity index (χ0) is 10.4. The first-order chi connectivity index (χ1) is 6.79. The standard InChI is InChI=1S/C12H25NO/c1-2-3-4-5-8-12(9-13,10-14)11-6-7-11/h11,14H,2-10,13H2,1H3. The van der Waals surface area contributed by atoms with Crippen molar-refractivity contribution in [2.75, 3.05) is 13.2 Å². The molecule has 0 aromatic carbocycles. The van der Waals surface area contributed by atoms with E-state index in [4.69, 9.17) is 5.73 Å². The van der Waals surface area contributed by atoms with E-state index in [1.807, 2.05) is 0 Å². The van der Waals surface area contributed by atoms with Gasteiger partial charge in [0.05, 0.1) is 6.61 Å². The molecule has 0 aromatic heterocycles. The molecule has 2 nitrogen and oxygen atoms in total. The van der Waals surface area contributed by atoms with Gasteiger partial charge in [-0.1, -0.05) is 32.6 Å². The fraction of sp³-hybridized carbons (Fsp3) is 1.00. The Balaban J connectivity index is 2.27. The van der Waals surface area contributed by atoms with Crippen LogP contribution < -0.4 is 5.73 Å². The van der Waals surface area contributed by atoms with Crippen LogP contribution in [-0.2, 0) is 0 Å². The number of hydrogen-bond acceptors (Lipinski definition) is 2.